The lowest BCUT2D eigenvalue weighted by atomic mass is 10.2. The second-order valence-corrected chi connectivity index (χ2v) is 2.22. The van der Waals surface area contributed by atoms with E-state index in [1.165, 1.54) is 0 Å². The predicted octanol–water partition coefficient (Wildman–Crippen LogP) is 1.88. The number of hydrogen-bond donors (Lipinski definition) is 1. The van der Waals surface area contributed by atoms with Gasteiger partial charge in [0.2, 0.25) is 0 Å². The fourth-order valence-electron chi connectivity index (χ4n) is 0.475. The van der Waals surface area contributed by atoms with Crippen LogP contribution in [0.25, 0.3) is 0 Å². The van der Waals surface area contributed by atoms with Crippen molar-refractivity contribution in [1.82, 2.24) is 0 Å². The van der Waals surface area contributed by atoms with Crippen LogP contribution >= 0.6 is 0 Å². The van der Waals surface area contributed by atoms with Gasteiger partial charge in [0.1, 0.15) is 0 Å². The summed E-state index contributed by atoms with van der Waals surface area (Å²) in [7, 11) is 0. The van der Waals surface area contributed by atoms with Crippen molar-refractivity contribution in [2.75, 3.05) is 6.54 Å². The molecule has 10 heavy (non-hydrogen) atoms. The fraction of sp³-hybridized carbons (Fsp3) is 0.333. The quantitative estimate of drug-likeness (QED) is 0.588. The molecule has 2 N–H and O–H groups in total. The highest BCUT2D eigenvalue weighted by Gasteiger charge is 1.87. The summed E-state index contributed by atoms with van der Waals surface area (Å²) in [4.78, 5) is 0. The van der Waals surface area contributed by atoms with Gasteiger partial charge in [-0.05, 0) is 12.5 Å². The van der Waals surface area contributed by atoms with E-state index in [1.54, 1.807) is 6.08 Å². The first kappa shape index (κ1) is 9.18. The third kappa shape index (κ3) is 5.32. The van der Waals surface area contributed by atoms with Crippen molar-refractivity contribution in [2.45, 2.75) is 6.92 Å². The maximum absolute atomic E-state index is 5.39. The summed E-state index contributed by atoms with van der Waals surface area (Å²) in [5.41, 5.74) is 5.39. The minimum Gasteiger partial charge on any atom is -0.330 e. The highest BCUT2D eigenvalue weighted by atomic mass is 14.5. The highest BCUT2D eigenvalue weighted by Crippen LogP contribution is 1.92. The third-order valence-electron chi connectivity index (χ3n) is 1.17. The lowest BCUT2D eigenvalue weighted by Gasteiger charge is -1.96. The van der Waals surface area contributed by atoms with E-state index in [0.29, 0.717) is 12.5 Å². The van der Waals surface area contributed by atoms with Crippen molar-refractivity contribution in [3.63, 3.8) is 0 Å². The Morgan fingerprint density at radius 1 is 1.40 bits per heavy atom. The monoisotopic (exact) mass is 137 g/mol. The molecular formula is C9H15N. The molecule has 0 amide bonds. The van der Waals surface area contributed by atoms with Crippen LogP contribution in [0.4, 0.5) is 0 Å². The summed E-state index contributed by atoms with van der Waals surface area (Å²) in [6, 6.07) is 0. The molecule has 0 aliphatic rings. The van der Waals surface area contributed by atoms with E-state index >= 15 is 0 Å². The van der Waals surface area contributed by atoms with E-state index in [1.807, 2.05) is 18.2 Å². The van der Waals surface area contributed by atoms with Crippen LogP contribution in [-0.2, 0) is 0 Å². The Hall–Kier alpha value is -0.820. The first-order chi connectivity index (χ1) is 4.81. The smallest absolute Gasteiger partial charge is 0.00167 e. The normalized spacial score (nSPS) is 14.6. The van der Waals surface area contributed by atoms with Gasteiger partial charge in [0.15, 0.2) is 0 Å². The van der Waals surface area contributed by atoms with Gasteiger partial charge < -0.3 is 5.73 Å². The summed E-state index contributed by atoms with van der Waals surface area (Å²) < 4.78 is 0. The molecule has 0 aromatic heterocycles. The lowest BCUT2D eigenvalue weighted by Crippen LogP contribution is -2.07. The Balaban J connectivity index is 3.54. The Morgan fingerprint density at radius 2 is 2.10 bits per heavy atom. The first-order valence-electron chi connectivity index (χ1n) is 3.47. The molecule has 0 bridgehead atoms. The zero-order chi connectivity index (χ0) is 7.82. The molecule has 0 saturated heterocycles. The second kappa shape index (κ2) is 6.30. The molecule has 56 valence electrons. The van der Waals surface area contributed by atoms with Gasteiger partial charge in [0, 0.05) is 0 Å². The van der Waals surface area contributed by atoms with E-state index in [-0.39, 0.29) is 0 Å². The second-order valence-electron chi connectivity index (χ2n) is 2.22. The van der Waals surface area contributed by atoms with E-state index in [2.05, 4.69) is 19.6 Å². The standard InChI is InChI=1S/C9H15N/c1-3-4-5-6-7-9(2)8-10/h3-7,9H,1,8,10H2,2H3. The summed E-state index contributed by atoms with van der Waals surface area (Å²) in [5.74, 6) is 0.467. The van der Waals surface area contributed by atoms with Gasteiger partial charge in [-0.3, -0.25) is 0 Å². The van der Waals surface area contributed by atoms with E-state index < -0.39 is 0 Å². The van der Waals surface area contributed by atoms with Gasteiger partial charge >= 0.3 is 0 Å². The number of rotatable bonds is 4. The molecule has 0 aromatic rings. The molecule has 0 radical (unpaired) electrons. The number of nitrogens with two attached hydrogens (primary N) is 1. The van der Waals surface area contributed by atoms with Crippen molar-refractivity contribution in [3.05, 3.63) is 37.0 Å². The van der Waals surface area contributed by atoms with Crippen LogP contribution in [0.3, 0.4) is 0 Å². The molecule has 1 heteroatoms. The Labute approximate surface area is 62.9 Å². The summed E-state index contributed by atoms with van der Waals surface area (Å²) in [6.45, 7) is 6.34. The average molecular weight is 137 g/mol. The first-order valence-corrected chi connectivity index (χ1v) is 3.47. The van der Waals surface area contributed by atoms with Crippen LogP contribution in [-0.4, -0.2) is 6.54 Å². The van der Waals surface area contributed by atoms with Crippen LogP contribution in [0, 0.1) is 5.92 Å². The number of hydrogen-bond acceptors (Lipinski definition) is 1. The minimum absolute atomic E-state index is 0.467. The van der Waals surface area contributed by atoms with Crippen LogP contribution in [0.15, 0.2) is 37.0 Å². The highest BCUT2D eigenvalue weighted by molar-refractivity contribution is 5.09. The maximum Gasteiger partial charge on any atom is -0.00167 e. The third-order valence-corrected chi connectivity index (χ3v) is 1.17. The van der Waals surface area contributed by atoms with Gasteiger partial charge in [0.05, 0.1) is 0 Å². The lowest BCUT2D eigenvalue weighted by molar-refractivity contribution is 0.740. The van der Waals surface area contributed by atoms with Gasteiger partial charge in [-0.15, -0.1) is 0 Å². The molecule has 0 heterocycles. The van der Waals surface area contributed by atoms with Crippen LogP contribution in [0.2, 0.25) is 0 Å². The summed E-state index contributed by atoms with van der Waals surface area (Å²) >= 11 is 0. The van der Waals surface area contributed by atoms with Gasteiger partial charge in [-0.2, -0.15) is 0 Å². The molecule has 1 unspecified atom stereocenters. The van der Waals surface area contributed by atoms with Crippen LogP contribution < -0.4 is 5.73 Å². The number of allylic oxidation sites excluding steroid dienone is 4. The molecular weight excluding hydrogens is 122 g/mol. The van der Waals surface area contributed by atoms with Crippen molar-refractivity contribution in [1.29, 1.82) is 0 Å². The fourth-order valence-corrected chi connectivity index (χ4v) is 0.475. The molecule has 0 aromatic carbocycles. The molecule has 0 rings (SSSR count). The topological polar surface area (TPSA) is 26.0 Å². The van der Waals surface area contributed by atoms with E-state index in [9.17, 15) is 0 Å². The Bertz CT molecular complexity index is 134. The van der Waals surface area contributed by atoms with Crippen molar-refractivity contribution in [2.24, 2.45) is 11.7 Å². The molecule has 0 saturated carbocycles. The maximum atomic E-state index is 5.39. The summed E-state index contributed by atoms with van der Waals surface area (Å²) in [5, 5.41) is 0. The Kier molecular flexibility index (Phi) is 5.79. The molecule has 0 fully saturated rings. The Morgan fingerprint density at radius 3 is 2.60 bits per heavy atom. The van der Waals surface area contributed by atoms with Crippen molar-refractivity contribution >= 4 is 0 Å². The van der Waals surface area contributed by atoms with Crippen LogP contribution in [0.5, 0.6) is 0 Å². The van der Waals surface area contributed by atoms with Crippen molar-refractivity contribution in [3.8, 4) is 0 Å². The zero-order valence-corrected chi connectivity index (χ0v) is 6.46. The molecule has 1 atom stereocenters. The molecule has 0 spiro atoms. The predicted molar refractivity (Wildman–Crippen MR) is 46.7 cm³/mol. The van der Waals surface area contributed by atoms with E-state index in [4.69, 9.17) is 5.73 Å². The minimum atomic E-state index is 0.467. The zero-order valence-electron chi connectivity index (χ0n) is 6.46. The van der Waals surface area contributed by atoms with Gasteiger partial charge in [0.25, 0.3) is 0 Å². The van der Waals surface area contributed by atoms with Crippen molar-refractivity contribution < 1.29 is 0 Å². The summed E-state index contributed by atoms with van der Waals surface area (Å²) in [6.07, 6.45) is 9.63. The average Bonchev–Trinajstić information content (AvgIpc) is 1.98. The van der Waals surface area contributed by atoms with Gasteiger partial charge in [-0.1, -0.05) is 43.9 Å². The van der Waals surface area contributed by atoms with E-state index in [0.717, 1.165) is 0 Å². The molecule has 1 nitrogen and oxygen atoms in total. The molecule has 0 aliphatic carbocycles. The molecule has 0 aliphatic heterocycles. The van der Waals surface area contributed by atoms with Gasteiger partial charge in [-0.25, -0.2) is 0 Å². The largest absolute Gasteiger partial charge is 0.330 e. The SMILES string of the molecule is C=CC=CC=CC(C)CN. The van der Waals surface area contributed by atoms with Crippen LogP contribution in [0.1, 0.15) is 6.92 Å².